The molecule has 0 heterocycles. The molecule has 5 heteroatoms. The van der Waals surface area contributed by atoms with Gasteiger partial charge in [0.1, 0.15) is 5.75 Å². The van der Waals surface area contributed by atoms with E-state index in [1.54, 1.807) is 24.3 Å². The topological polar surface area (TPSA) is 55.8 Å². The first-order chi connectivity index (χ1) is 9.87. The van der Waals surface area contributed by atoms with Crippen molar-refractivity contribution in [1.29, 1.82) is 0 Å². The average Bonchev–Trinajstić information content (AvgIpc) is 2.38. The summed E-state index contributed by atoms with van der Waals surface area (Å²) in [7, 11) is -4.09. The average molecular weight is 312 g/mol. The van der Waals surface area contributed by atoms with E-state index >= 15 is 0 Å². The monoisotopic (exact) mass is 312 g/mol. The highest BCUT2D eigenvalue weighted by Crippen LogP contribution is 2.49. The molecule has 1 N–H and O–H groups in total. The number of hydrogen-bond donors (Lipinski definition) is 1. The SMILES string of the molecule is CC(C)[C@H]1CC[C@@H](C)C[C@@H]1OP(=O)(O)Oc1ccccc1. The molecule has 4 atom stereocenters. The summed E-state index contributed by atoms with van der Waals surface area (Å²) in [6, 6.07) is 8.64. The van der Waals surface area contributed by atoms with E-state index in [9.17, 15) is 9.46 Å². The van der Waals surface area contributed by atoms with Crippen LogP contribution in [0.1, 0.15) is 40.0 Å². The predicted octanol–water partition coefficient (Wildman–Crippen LogP) is 4.64. The molecule has 1 saturated carbocycles. The second-order valence-corrected chi connectivity index (χ2v) is 7.67. The highest BCUT2D eigenvalue weighted by atomic mass is 31.2. The van der Waals surface area contributed by atoms with Crippen LogP contribution in [0.3, 0.4) is 0 Å². The van der Waals surface area contributed by atoms with Crippen molar-refractivity contribution in [1.82, 2.24) is 0 Å². The summed E-state index contributed by atoms with van der Waals surface area (Å²) in [6.07, 6.45) is 2.78. The van der Waals surface area contributed by atoms with Gasteiger partial charge in [0.25, 0.3) is 0 Å². The number of para-hydroxylation sites is 1. The van der Waals surface area contributed by atoms with E-state index < -0.39 is 7.82 Å². The van der Waals surface area contributed by atoms with Crippen LogP contribution in [0.15, 0.2) is 30.3 Å². The Balaban J connectivity index is 2.04. The van der Waals surface area contributed by atoms with Crippen molar-refractivity contribution in [3.05, 3.63) is 30.3 Å². The first-order valence-electron chi connectivity index (χ1n) is 7.63. The molecular formula is C16H25O4P. The van der Waals surface area contributed by atoms with Crippen LogP contribution in [-0.2, 0) is 9.09 Å². The quantitative estimate of drug-likeness (QED) is 0.804. The van der Waals surface area contributed by atoms with Crippen molar-refractivity contribution in [2.75, 3.05) is 0 Å². The standard InChI is InChI=1S/C16H25O4P/c1-12(2)15-10-9-13(3)11-16(15)20-21(17,18)19-14-7-5-4-6-8-14/h4-8,12-13,15-16H,9-11H2,1-3H3,(H,17,18)/t13-,15-,16+/m1/s1. The summed E-state index contributed by atoms with van der Waals surface area (Å²) >= 11 is 0. The maximum absolute atomic E-state index is 12.2. The molecule has 0 aromatic heterocycles. The Hall–Kier alpha value is -0.830. The highest BCUT2D eigenvalue weighted by molar-refractivity contribution is 7.47. The first kappa shape index (κ1) is 16.5. The normalized spacial score (nSPS) is 29.1. The minimum absolute atomic E-state index is 0.215. The van der Waals surface area contributed by atoms with Gasteiger partial charge in [0.15, 0.2) is 0 Å². The van der Waals surface area contributed by atoms with Gasteiger partial charge in [0.05, 0.1) is 6.10 Å². The van der Waals surface area contributed by atoms with Gasteiger partial charge in [-0.15, -0.1) is 0 Å². The van der Waals surface area contributed by atoms with Crippen LogP contribution in [0.4, 0.5) is 0 Å². The van der Waals surface area contributed by atoms with Gasteiger partial charge in [0, 0.05) is 0 Å². The molecule has 0 aliphatic heterocycles. The van der Waals surface area contributed by atoms with Gasteiger partial charge in [0.2, 0.25) is 0 Å². The van der Waals surface area contributed by atoms with Gasteiger partial charge in [-0.2, -0.15) is 0 Å². The van der Waals surface area contributed by atoms with E-state index in [0.29, 0.717) is 23.5 Å². The Morgan fingerprint density at radius 2 is 1.90 bits per heavy atom. The van der Waals surface area contributed by atoms with Crippen molar-refractivity contribution in [2.24, 2.45) is 17.8 Å². The molecule has 1 aromatic rings. The van der Waals surface area contributed by atoms with Crippen LogP contribution in [0.2, 0.25) is 0 Å². The molecule has 1 aliphatic rings. The molecule has 1 fully saturated rings. The minimum Gasteiger partial charge on any atom is -0.404 e. The molecule has 1 aliphatic carbocycles. The van der Waals surface area contributed by atoms with Crippen LogP contribution in [0, 0.1) is 17.8 Å². The Morgan fingerprint density at radius 1 is 1.24 bits per heavy atom. The van der Waals surface area contributed by atoms with E-state index in [1.165, 1.54) is 0 Å². The summed E-state index contributed by atoms with van der Waals surface area (Å²) in [5.74, 6) is 1.61. The number of rotatable bonds is 5. The predicted molar refractivity (Wildman–Crippen MR) is 83.1 cm³/mol. The lowest BCUT2D eigenvalue weighted by atomic mass is 9.75. The number of phosphoric ester groups is 1. The molecule has 1 aromatic carbocycles. The summed E-state index contributed by atoms with van der Waals surface area (Å²) in [5, 5.41) is 0. The largest absolute Gasteiger partial charge is 0.527 e. The lowest BCUT2D eigenvalue weighted by Crippen LogP contribution is -2.34. The zero-order valence-corrected chi connectivity index (χ0v) is 13.8. The fourth-order valence-corrected chi connectivity index (χ4v) is 4.06. The Bertz CT molecular complexity index is 488. The van der Waals surface area contributed by atoms with Gasteiger partial charge in [-0.3, -0.25) is 9.42 Å². The molecule has 0 spiro atoms. The summed E-state index contributed by atoms with van der Waals surface area (Å²) in [5.41, 5.74) is 0. The lowest BCUT2D eigenvalue weighted by molar-refractivity contribution is 0.0250. The van der Waals surface area contributed by atoms with Gasteiger partial charge in [-0.25, -0.2) is 4.57 Å². The molecule has 4 nitrogen and oxygen atoms in total. The zero-order chi connectivity index (χ0) is 15.5. The van der Waals surface area contributed by atoms with Crippen molar-refractivity contribution in [2.45, 2.75) is 46.1 Å². The molecule has 1 unspecified atom stereocenters. The Morgan fingerprint density at radius 3 is 2.52 bits per heavy atom. The highest BCUT2D eigenvalue weighted by Gasteiger charge is 2.37. The molecule has 118 valence electrons. The maximum Gasteiger partial charge on any atom is 0.527 e. The van der Waals surface area contributed by atoms with Gasteiger partial charge in [-0.05, 0) is 42.7 Å². The van der Waals surface area contributed by atoms with Crippen LogP contribution >= 0.6 is 7.82 Å². The van der Waals surface area contributed by atoms with Crippen LogP contribution in [0.25, 0.3) is 0 Å². The Labute approximate surface area is 127 Å². The second-order valence-electron chi connectivity index (χ2n) is 6.34. The first-order valence-corrected chi connectivity index (χ1v) is 9.13. The second kappa shape index (κ2) is 6.95. The fraction of sp³-hybridized carbons (Fsp3) is 0.625. The number of hydrogen-bond acceptors (Lipinski definition) is 3. The van der Waals surface area contributed by atoms with Crippen LogP contribution in [-0.4, -0.2) is 11.0 Å². The van der Waals surface area contributed by atoms with E-state index in [2.05, 4.69) is 20.8 Å². The summed E-state index contributed by atoms with van der Waals surface area (Å²) in [6.45, 7) is 6.43. The van der Waals surface area contributed by atoms with E-state index in [4.69, 9.17) is 9.05 Å². The lowest BCUT2D eigenvalue weighted by Gasteiger charge is -2.37. The molecule has 0 saturated heterocycles. The third-order valence-electron chi connectivity index (χ3n) is 4.19. The van der Waals surface area contributed by atoms with Crippen molar-refractivity contribution < 1.29 is 18.5 Å². The minimum atomic E-state index is -4.09. The third kappa shape index (κ3) is 4.84. The van der Waals surface area contributed by atoms with Crippen molar-refractivity contribution in [3.63, 3.8) is 0 Å². The fourth-order valence-electron chi connectivity index (χ4n) is 3.04. The van der Waals surface area contributed by atoms with Crippen LogP contribution in [0.5, 0.6) is 5.75 Å². The third-order valence-corrected chi connectivity index (χ3v) is 5.17. The van der Waals surface area contributed by atoms with Gasteiger partial charge >= 0.3 is 7.82 Å². The molecule has 0 bridgehead atoms. The summed E-state index contributed by atoms with van der Waals surface area (Å²) in [4.78, 5) is 10.0. The molecule has 2 rings (SSSR count). The molecule has 0 radical (unpaired) electrons. The van der Waals surface area contributed by atoms with E-state index in [-0.39, 0.29) is 6.10 Å². The number of benzene rings is 1. The van der Waals surface area contributed by atoms with Gasteiger partial charge in [-0.1, -0.05) is 45.4 Å². The smallest absolute Gasteiger partial charge is 0.404 e. The summed E-state index contributed by atoms with van der Waals surface area (Å²) < 4.78 is 22.9. The maximum atomic E-state index is 12.2. The molecule has 0 amide bonds. The zero-order valence-electron chi connectivity index (χ0n) is 12.9. The molecular weight excluding hydrogens is 287 g/mol. The van der Waals surface area contributed by atoms with E-state index in [1.807, 2.05) is 6.07 Å². The van der Waals surface area contributed by atoms with Gasteiger partial charge < -0.3 is 4.52 Å². The Kier molecular flexibility index (Phi) is 5.48. The molecule has 21 heavy (non-hydrogen) atoms. The van der Waals surface area contributed by atoms with Crippen LogP contribution < -0.4 is 4.52 Å². The van der Waals surface area contributed by atoms with Crippen molar-refractivity contribution >= 4 is 7.82 Å². The van der Waals surface area contributed by atoms with Crippen molar-refractivity contribution in [3.8, 4) is 5.75 Å². The number of phosphoric acid groups is 1. The van der Waals surface area contributed by atoms with E-state index in [0.717, 1.165) is 19.3 Å².